The molecule has 0 fully saturated rings. The van der Waals surface area contributed by atoms with Crippen molar-refractivity contribution in [2.24, 2.45) is 0 Å². The van der Waals surface area contributed by atoms with Gasteiger partial charge in [-0.05, 0) is 19.4 Å². The molecule has 1 amide bonds. The minimum atomic E-state index is -0.922. The highest BCUT2D eigenvalue weighted by atomic mass is 16.5. The van der Waals surface area contributed by atoms with Crippen molar-refractivity contribution in [2.45, 2.75) is 45.3 Å². The standard InChI is InChI=1S/C21H26N2O5/c1-13(23-19(25)17-18(24)16(27-5)11-12-22-17)20(26)28-14(2)21(3,4)15-9-7-6-8-10-15/h6-14,24H,1-5H3,(H,23,25)/t13-,14?/m0/s1. The second-order valence-electron chi connectivity index (χ2n) is 7.07. The van der Waals surface area contributed by atoms with E-state index in [1.165, 1.54) is 26.3 Å². The molecule has 0 saturated heterocycles. The van der Waals surface area contributed by atoms with Gasteiger partial charge in [-0.2, -0.15) is 0 Å². The van der Waals surface area contributed by atoms with E-state index in [1.807, 2.05) is 51.1 Å². The summed E-state index contributed by atoms with van der Waals surface area (Å²) in [4.78, 5) is 28.7. The van der Waals surface area contributed by atoms with Crippen molar-refractivity contribution >= 4 is 11.9 Å². The van der Waals surface area contributed by atoms with Crippen LogP contribution in [0.25, 0.3) is 0 Å². The highest BCUT2D eigenvalue weighted by molar-refractivity contribution is 5.97. The van der Waals surface area contributed by atoms with Crippen LogP contribution < -0.4 is 10.1 Å². The summed E-state index contributed by atoms with van der Waals surface area (Å²) in [6, 6.07) is 10.3. The Kier molecular flexibility index (Phi) is 6.62. The zero-order valence-electron chi connectivity index (χ0n) is 16.7. The first-order chi connectivity index (χ1) is 13.2. The average Bonchev–Trinajstić information content (AvgIpc) is 2.68. The van der Waals surface area contributed by atoms with Crippen molar-refractivity contribution in [1.29, 1.82) is 0 Å². The molecule has 0 bridgehead atoms. The van der Waals surface area contributed by atoms with Crippen LogP contribution in [-0.2, 0) is 14.9 Å². The first-order valence-corrected chi connectivity index (χ1v) is 8.97. The number of amides is 1. The molecule has 7 heteroatoms. The van der Waals surface area contributed by atoms with Gasteiger partial charge in [0.05, 0.1) is 7.11 Å². The second-order valence-corrected chi connectivity index (χ2v) is 7.07. The summed E-state index contributed by atoms with van der Waals surface area (Å²) in [6.45, 7) is 7.30. The monoisotopic (exact) mass is 386 g/mol. The number of nitrogens with one attached hydrogen (secondary N) is 1. The first-order valence-electron chi connectivity index (χ1n) is 8.97. The minimum absolute atomic E-state index is 0.119. The fraction of sp³-hybridized carbons (Fsp3) is 0.381. The Morgan fingerprint density at radius 3 is 2.39 bits per heavy atom. The lowest BCUT2D eigenvalue weighted by Crippen LogP contribution is -2.44. The summed E-state index contributed by atoms with van der Waals surface area (Å²) < 4.78 is 10.5. The summed E-state index contributed by atoms with van der Waals surface area (Å²) in [5.41, 5.74) is 0.405. The van der Waals surface area contributed by atoms with Crippen LogP contribution in [0.15, 0.2) is 42.6 Å². The van der Waals surface area contributed by atoms with Gasteiger partial charge >= 0.3 is 5.97 Å². The number of rotatable bonds is 7. The lowest BCUT2D eigenvalue weighted by Gasteiger charge is -2.32. The molecule has 0 aliphatic rings. The molecule has 0 aliphatic heterocycles. The maximum absolute atomic E-state index is 12.5. The normalized spacial score (nSPS) is 13.3. The number of pyridine rings is 1. The van der Waals surface area contributed by atoms with Gasteiger partial charge in [-0.1, -0.05) is 44.2 Å². The van der Waals surface area contributed by atoms with Gasteiger partial charge in [-0.3, -0.25) is 4.79 Å². The van der Waals surface area contributed by atoms with Crippen molar-refractivity contribution in [3.05, 3.63) is 53.9 Å². The number of hydrogen-bond acceptors (Lipinski definition) is 6. The lowest BCUT2D eigenvalue weighted by atomic mass is 9.80. The SMILES string of the molecule is COc1ccnc(C(=O)N[C@@H](C)C(=O)OC(C)C(C)(C)c2ccccc2)c1O. The molecule has 0 spiro atoms. The molecule has 1 heterocycles. The van der Waals surface area contributed by atoms with E-state index in [1.54, 1.807) is 0 Å². The van der Waals surface area contributed by atoms with Crippen molar-refractivity contribution < 1.29 is 24.2 Å². The highest BCUT2D eigenvalue weighted by Gasteiger charge is 2.32. The van der Waals surface area contributed by atoms with E-state index in [4.69, 9.17) is 9.47 Å². The largest absolute Gasteiger partial charge is 0.503 e. The van der Waals surface area contributed by atoms with Gasteiger partial charge in [0.2, 0.25) is 0 Å². The number of aromatic hydroxyl groups is 1. The number of ether oxygens (including phenoxy) is 2. The number of esters is 1. The molecule has 0 radical (unpaired) electrons. The van der Waals surface area contributed by atoms with Crippen LogP contribution in [0.3, 0.4) is 0 Å². The smallest absolute Gasteiger partial charge is 0.328 e. The minimum Gasteiger partial charge on any atom is -0.503 e. The second kappa shape index (κ2) is 8.73. The maximum Gasteiger partial charge on any atom is 0.328 e. The Morgan fingerprint density at radius 2 is 1.79 bits per heavy atom. The van der Waals surface area contributed by atoms with Crippen LogP contribution in [-0.4, -0.2) is 41.2 Å². The molecule has 1 unspecified atom stereocenters. The Bertz CT molecular complexity index is 836. The molecule has 0 aliphatic carbocycles. The van der Waals surface area contributed by atoms with Crippen LogP contribution >= 0.6 is 0 Å². The molecule has 1 aromatic carbocycles. The molecule has 2 atom stereocenters. The Morgan fingerprint density at radius 1 is 1.14 bits per heavy atom. The number of carbonyl (C=O) groups is 2. The van der Waals surface area contributed by atoms with Gasteiger partial charge in [-0.25, -0.2) is 9.78 Å². The molecule has 1 aromatic heterocycles. The summed E-state index contributed by atoms with van der Waals surface area (Å²) in [5.74, 6) is -1.54. The van der Waals surface area contributed by atoms with E-state index in [-0.39, 0.29) is 17.2 Å². The predicted octanol–water partition coefficient (Wildman–Crippen LogP) is 2.82. The van der Waals surface area contributed by atoms with Gasteiger partial charge in [0.1, 0.15) is 12.1 Å². The van der Waals surface area contributed by atoms with Crippen LogP contribution in [0.1, 0.15) is 43.7 Å². The molecule has 0 saturated carbocycles. The van der Waals surface area contributed by atoms with E-state index in [0.717, 1.165) is 5.56 Å². The Balaban J connectivity index is 2.04. The van der Waals surface area contributed by atoms with Crippen LogP contribution in [0.4, 0.5) is 0 Å². The topological polar surface area (TPSA) is 97.8 Å². The number of methoxy groups -OCH3 is 1. The average molecular weight is 386 g/mol. The summed E-state index contributed by atoms with van der Waals surface area (Å²) in [5, 5.41) is 12.5. The van der Waals surface area contributed by atoms with E-state index in [0.29, 0.717) is 0 Å². The fourth-order valence-electron chi connectivity index (χ4n) is 2.62. The lowest BCUT2D eigenvalue weighted by molar-refractivity contribution is -0.153. The highest BCUT2D eigenvalue weighted by Crippen LogP contribution is 2.29. The molecule has 7 nitrogen and oxygen atoms in total. The van der Waals surface area contributed by atoms with Crippen LogP contribution in [0, 0.1) is 0 Å². The predicted molar refractivity (Wildman–Crippen MR) is 104 cm³/mol. The van der Waals surface area contributed by atoms with E-state index >= 15 is 0 Å². The zero-order valence-corrected chi connectivity index (χ0v) is 16.7. The number of aromatic nitrogens is 1. The Hall–Kier alpha value is -3.09. The van der Waals surface area contributed by atoms with Crippen LogP contribution in [0.5, 0.6) is 11.5 Å². The quantitative estimate of drug-likeness (QED) is 0.710. The Labute approximate surface area is 164 Å². The van der Waals surface area contributed by atoms with Crippen molar-refractivity contribution in [2.75, 3.05) is 7.11 Å². The molecular formula is C21H26N2O5. The van der Waals surface area contributed by atoms with Crippen molar-refractivity contribution in [3.63, 3.8) is 0 Å². The van der Waals surface area contributed by atoms with Gasteiger partial charge in [0.25, 0.3) is 5.91 Å². The maximum atomic E-state index is 12.5. The van der Waals surface area contributed by atoms with E-state index in [9.17, 15) is 14.7 Å². The summed E-state index contributed by atoms with van der Waals surface area (Å²) in [7, 11) is 1.37. The van der Waals surface area contributed by atoms with Gasteiger partial charge in [-0.15, -0.1) is 0 Å². The van der Waals surface area contributed by atoms with E-state index < -0.39 is 29.4 Å². The molecule has 2 aromatic rings. The number of hydrogen-bond donors (Lipinski definition) is 2. The van der Waals surface area contributed by atoms with E-state index in [2.05, 4.69) is 10.3 Å². The van der Waals surface area contributed by atoms with Crippen LogP contribution in [0.2, 0.25) is 0 Å². The molecular weight excluding hydrogens is 360 g/mol. The van der Waals surface area contributed by atoms with Gasteiger partial charge in [0, 0.05) is 17.7 Å². The third kappa shape index (κ3) is 4.60. The third-order valence-corrected chi connectivity index (χ3v) is 4.85. The van der Waals surface area contributed by atoms with Gasteiger partial charge in [0.15, 0.2) is 17.2 Å². The number of benzene rings is 1. The zero-order chi connectivity index (χ0) is 20.9. The molecule has 2 rings (SSSR count). The summed E-state index contributed by atoms with van der Waals surface area (Å²) in [6.07, 6.45) is 0.908. The fourth-order valence-corrected chi connectivity index (χ4v) is 2.62. The van der Waals surface area contributed by atoms with Crippen molar-refractivity contribution in [3.8, 4) is 11.5 Å². The number of nitrogens with zero attached hydrogens (tertiary/aromatic N) is 1. The number of carbonyl (C=O) groups excluding carboxylic acids is 2. The molecule has 150 valence electrons. The molecule has 2 N–H and O–H groups in total. The van der Waals surface area contributed by atoms with Crippen molar-refractivity contribution in [1.82, 2.24) is 10.3 Å². The summed E-state index contributed by atoms with van der Waals surface area (Å²) >= 11 is 0. The van der Waals surface area contributed by atoms with Gasteiger partial charge < -0.3 is 19.9 Å². The third-order valence-electron chi connectivity index (χ3n) is 4.85. The molecule has 28 heavy (non-hydrogen) atoms. The first kappa shape index (κ1) is 21.2.